The van der Waals surface area contributed by atoms with Crippen molar-refractivity contribution >= 4 is 5.78 Å². The summed E-state index contributed by atoms with van der Waals surface area (Å²) in [5.74, 6) is 3.50. The number of carbonyl (C=O) groups excluding carboxylic acids is 1. The summed E-state index contributed by atoms with van der Waals surface area (Å²) < 4.78 is 11.7. The normalized spacial score (nSPS) is 39.0. The minimum absolute atomic E-state index is 0.0251. The molecule has 1 aromatic carbocycles. The van der Waals surface area contributed by atoms with Crippen molar-refractivity contribution < 1.29 is 14.3 Å². The van der Waals surface area contributed by atoms with Gasteiger partial charge in [0.25, 0.3) is 0 Å². The number of rotatable bonds is 2. The first-order valence-electron chi connectivity index (χ1n) is 10.6. The quantitative estimate of drug-likeness (QED) is 0.774. The lowest BCUT2D eigenvalue weighted by Crippen LogP contribution is -2.42. The molecule has 1 saturated heterocycles. The van der Waals surface area contributed by atoms with Crippen LogP contribution in [0.2, 0.25) is 0 Å². The maximum atomic E-state index is 12.5. The van der Waals surface area contributed by atoms with Crippen LogP contribution in [-0.2, 0) is 16.0 Å². The summed E-state index contributed by atoms with van der Waals surface area (Å²) in [4.78, 5) is 12.5. The Labute approximate surface area is 156 Å². The minimum Gasteiger partial charge on any atom is -0.488 e. The van der Waals surface area contributed by atoms with E-state index < -0.39 is 0 Å². The van der Waals surface area contributed by atoms with E-state index >= 15 is 0 Å². The number of carbonyl (C=O) groups is 1. The standard InChI is InChI=1S/C23H30O3/c1-23-11-10-19-18-7-5-16(26-17-3-2-12-25-14-17)13-15(18)4-6-20(19)21(23)8-9-22(23)24/h5,7,13,17,19-21H,2-4,6,8-12,14H2,1H3/t17?,19?,20?,21?,23-/m0/s1. The van der Waals surface area contributed by atoms with E-state index in [-0.39, 0.29) is 11.5 Å². The fourth-order valence-electron chi connectivity index (χ4n) is 6.40. The van der Waals surface area contributed by atoms with Crippen molar-refractivity contribution in [1.29, 1.82) is 0 Å². The minimum atomic E-state index is -0.0251. The van der Waals surface area contributed by atoms with Crippen LogP contribution >= 0.6 is 0 Å². The van der Waals surface area contributed by atoms with Gasteiger partial charge in [-0.05, 0) is 86.0 Å². The highest BCUT2D eigenvalue weighted by Crippen LogP contribution is 2.59. The van der Waals surface area contributed by atoms with E-state index in [1.165, 1.54) is 24.0 Å². The fraction of sp³-hybridized carbons (Fsp3) is 0.696. The molecule has 26 heavy (non-hydrogen) atoms. The van der Waals surface area contributed by atoms with Crippen molar-refractivity contribution in [1.82, 2.24) is 0 Å². The van der Waals surface area contributed by atoms with Crippen molar-refractivity contribution in [2.45, 2.75) is 70.3 Å². The van der Waals surface area contributed by atoms with Gasteiger partial charge in [0.15, 0.2) is 0 Å². The topological polar surface area (TPSA) is 35.5 Å². The molecule has 3 heteroatoms. The predicted octanol–water partition coefficient (Wildman–Crippen LogP) is 4.67. The average molecular weight is 354 g/mol. The van der Waals surface area contributed by atoms with Crippen molar-refractivity contribution in [2.75, 3.05) is 13.2 Å². The third-order valence-corrected chi connectivity index (χ3v) is 7.83. The van der Waals surface area contributed by atoms with Crippen LogP contribution < -0.4 is 4.74 Å². The second kappa shape index (κ2) is 6.37. The Morgan fingerprint density at radius 3 is 2.92 bits per heavy atom. The second-order valence-electron chi connectivity index (χ2n) is 9.15. The highest BCUT2D eigenvalue weighted by atomic mass is 16.5. The predicted molar refractivity (Wildman–Crippen MR) is 101 cm³/mol. The molecule has 5 atom stereocenters. The summed E-state index contributed by atoms with van der Waals surface area (Å²) in [6, 6.07) is 6.78. The molecule has 4 aliphatic rings. The Hall–Kier alpha value is -1.35. The van der Waals surface area contributed by atoms with Crippen LogP contribution in [0.1, 0.15) is 68.9 Å². The Morgan fingerprint density at radius 1 is 1.15 bits per heavy atom. The van der Waals surface area contributed by atoms with Gasteiger partial charge in [-0.2, -0.15) is 0 Å². The SMILES string of the molecule is C[C@]12CCC3c4ccc(OC5CCCOC5)cc4CCC3C1CCC2=O. The fourth-order valence-corrected chi connectivity index (χ4v) is 6.40. The average Bonchev–Trinajstić information content (AvgIpc) is 2.97. The van der Waals surface area contributed by atoms with E-state index in [1.54, 1.807) is 0 Å². The highest BCUT2D eigenvalue weighted by molar-refractivity contribution is 5.87. The molecular formula is C23H30O3. The van der Waals surface area contributed by atoms with Crippen LogP contribution in [-0.4, -0.2) is 25.1 Å². The molecular weight excluding hydrogens is 324 g/mol. The summed E-state index contributed by atoms with van der Waals surface area (Å²) in [7, 11) is 0. The molecule has 2 saturated carbocycles. The molecule has 140 valence electrons. The summed E-state index contributed by atoms with van der Waals surface area (Å²) in [6.07, 6.45) is 8.95. The zero-order chi connectivity index (χ0) is 17.7. The van der Waals surface area contributed by atoms with Gasteiger partial charge in [-0.1, -0.05) is 13.0 Å². The third-order valence-electron chi connectivity index (χ3n) is 7.83. The van der Waals surface area contributed by atoms with Gasteiger partial charge < -0.3 is 9.47 Å². The van der Waals surface area contributed by atoms with Crippen LogP contribution in [0.5, 0.6) is 5.75 Å². The van der Waals surface area contributed by atoms with Crippen molar-refractivity contribution in [3.8, 4) is 5.75 Å². The molecule has 1 heterocycles. The molecule has 0 bridgehead atoms. The molecule has 0 radical (unpaired) electrons. The number of benzene rings is 1. The number of ketones is 1. The van der Waals surface area contributed by atoms with E-state index in [0.717, 1.165) is 57.5 Å². The van der Waals surface area contributed by atoms with Crippen LogP contribution in [0.15, 0.2) is 18.2 Å². The molecule has 3 nitrogen and oxygen atoms in total. The van der Waals surface area contributed by atoms with E-state index in [0.29, 0.717) is 23.5 Å². The van der Waals surface area contributed by atoms with Gasteiger partial charge >= 0.3 is 0 Å². The molecule has 4 unspecified atom stereocenters. The van der Waals surface area contributed by atoms with Crippen LogP contribution in [0.25, 0.3) is 0 Å². The highest BCUT2D eigenvalue weighted by Gasteiger charge is 2.54. The molecule has 5 rings (SSSR count). The molecule has 0 aromatic heterocycles. The van der Waals surface area contributed by atoms with Crippen LogP contribution in [0.4, 0.5) is 0 Å². The molecule has 0 amide bonds. The first kappa shape index (κ1) is 16.8. The molecule has 3 fully saturated rings. The Morgan fingerprint density at radius 2 is 2.08 bits per heavy atom. The van der Waals surface area contributed by atoms with Gasteiger partial charge in [0.2, 0.25) is 0 Å². The van der Waals surface area contributed by atoms with Gasteiger partial charge in [-0.15, -0.1) is 0 Å². The second-order valence-corrected chi connectivity index (χ2v) is 9.15. The van der Waals surface area contributed by atoms with E-state index in [2.05, 4.69) is 25.1 Å². The number of ether oxygens (including phenoxy) is 2. The number of fused-ring (bicyclic) bond motifs is 5. The summed E-state index contributed by atoms with van der Waals surface area (Å²) >= 11 is 0. The monoisotopic (exact) mass is 354 g/mol. The Bertz CT molecular complexity index is 705. The van der Waals surface area contributed by atoms with E-state index in [9.17, 15) is 4.79 Å². The first-order chi connectivity index (χ1) is 12.6. The summed E-state index contributed by atoms with van der Waals surface area (Å²) in [6.45, 7) is 3.84. The van der Waals surface area contributed by atoms with Crippen molar-refractivity contribution in [2.24, 2.45) is 17.3 Å². The maximum Gasteiger partial charge on any atom is 0.139 e. The summed E-state index contributed by atoms with van der Waals surface area (Å²) in [5.41, 5.74) is 2.99. The molecule has 0 N–H and O–H groups in total. The van der Waals surface area contributed by atoms with E-state index in [1.807, 2.05) is 0 Å². The third kappa shape index (κ3) is 2.62. The summed E-state index contributed by atoms with van der Waals surface area (Å²) in [5, 5.41) is 0. The van der Waals surface area contributed by atoms with Gasteiger partial charge in [-0.25, -0.2) is 0 Å². The lowest BCUT2D eigenvalue weighted by molar-refractivity contribution is -0.129. The molecule has 0 spiro atoms. The Balaban J connectivity index is 1.37. The van der Waals surface area contributed by atoms with E-state index in [4.69, 9.17) is 9.47 Å². The lowest BCUT2D eigenvalue weighted by atomic mass is 9.55. The number of Topliss-reactive ketones (excluding diaryl/α,β-unsaturated/α-hetero) is 1. The largest absolute Gasteiger partial charge is 0.488 e. The first-order valence-corrected chi connectivity index (χ1v) is 10.6. The maximum absolute atomic E-state index is 12.5. The van der Waals surface area contributed by atoms with Crippen LogP contribution in [0.3, 0.4) is 0 Å². The van der Waals surface area contributed by atoms with Gasteiger partial charge in [0.05, 0.1) is 6.61 Å². The number of aryl methyl sites for hydroxylation is 1. The molecule has 1 aliphatic heterocycles. The zero-order valence-corrected chi connectivity index (χ0v) is 15.8. The Kier molecular flexibility index (Phi) is 4.11. The van der Waals surface area contributed by atoms with Gasteiger partial charge in [0.1, 0.15) is 17.6 Å². The lowest BCUT2D eigenvalue weighted by Gasteiger charge is -2.48. The number of hydrogen-bond donors (Lipinski definition) is 0. The molecule has 3 aliphatic carbocycles. The van der Waals surface area contributed by atoms with Crippen molar-refractivity contribution in [3.63, 3.8) is 0 Å². The van der Waals surface area contributed by atoms with Crippen LogP contribution in [0, 0.1) is 17.3 Å². The van der Waals surface area contributed by atoms with Gasteiger partial charge in [-0.3, -0.25) is 4.79 Å². The molecule has 1 aromatic rings. The number of hydrogen-bond acceptors (Lipinski definition) is 3. The zero-order valence-electron chi connectivity index (χ0n) is 15.8. The van der Waals surface area contributed by atoms with Gasteiger partial charge in [0, 0.05) is 18.4 Å². The smallest absolute Gasteiger partial charge is 0.139 e. The van der Waals surface area contributed by atoms with Crippen molar-refractivity contribution in [3.05, 3.63) is 29.3 Å².